The number of hydrogen-bond donors (Lipinski definition) is 0. The average molecular weight is 398 g/mol. The zero-order valence-electron chi connectivity index (χ0n) is 15.5. The summed E-state index contributed by atoms with van der Waals surface area (Å²) >= 11 is 5.78. The number of aromatic nitrogens is 3. The number of benzene rings is 1. The Hall–Kier alpha value is -2.77. The number of carbonyl (C=O) groups is 1. The molecular weight excluding hydrogens is 378 g/mol. The third kappa shape index (κ3) is 4.21. The zero-order chi connectivity index (χ0) is 19.5. The summed E-state index contributed by atoms with van der Waals surface area (Å²) in [5.41, 5.74) is 2.68. The fraction of sp³-hybridized carbons (Fsp3) is 0.300. The van der Waals surface area contributed by atoms with Crippen LogP contribution in [0.1, 0.15) is 21.8 Å². The van der Waals surface area contributed by atoms with E-state index in [1.807, 2.05) is 36.1 Å². The highest BCUT2D eigenvalue weighted by atomic mass is 35.5. The Morgan fingerprint density at radius 3 is 2.54 bits per heavy atom. The first-order chi connectivity index (χ1) is 13.6. The molecule has 3 aromatic rings. The van der Waals surface area contributed by atoms with E-state index in [0.717, 1.165) is 18.7 Å². The maximum atomic E-state index is 12.5. The quantitative estimate of drug-likeness (QED) is 0.630. The van der Waals surface area contributed by atoms with Gasteiger partial charge in [-0.05, 0) is 19.1 Å². The number of carbonyl (C=O) groups excluding carboxylic acids is 1. The normalized spacial score (nSPS) is 15.0. The third-order valence-corrected chi connectivity index (χ3v) is 4.99. The molecule has 144 valence electrons. The smallest absolute Gasteiger partial charge is 0.255 e. The minimum atomic E-state index is -0.0248. The summed E-state index contributed by atoms with van der Waals surface area (Å²) in [5, 5.41) is 4.46. The molecule has 0 radical (unpaired) electrons. The largest absolute Gasteiger partial charge is 0.338 e. The van der Waals surface area contributed by atoms with E-state index in [-0.39, 0.29) is 5.91 Å². The molecule has 0 N–H and O–H groups in total. The van der Waals surface area contributed by atoms with E-state index in [4.69, 9.17) is 16.1 Å². The first-order valence-corrected chi connectivity index (χ1v) is 9.49. The number of aryl methyl sites for hydroxylation is 1. The summed E-state index contributed by atoms with van der Waals surface area (Å²) in [5.74, 6) is 1.15. The van der Waals surface area contributed by atoms with Crippen molar-refractivity contribution in [2.24, 2.45) is 0 Å². The van der Waals surface area contributed by atoms with Gasteiger partial charge in [-0.2, -0.15) is 4.98 Å². The highest BCUT2D eigenvalue weighted by Crippen LogP contribution is 2.18. The van der Waals surface area contributed by atoms with Gasteiger partial charge in [-0.25, -0.2) is 4.98 Å². The summed E-state index contributed by atoms with van der Waals surface area (Å²) in [6.45, 7) is 5.38. The minimum absolute atomic E-state index is 0.0248. The van der Waals surface area contributed by atoms with Gasteiger partial charge < -0.3 is 9.42 Å². The first kappa shape index (κ1) is 18.6. The summed E-state index contributed by atoms with van der Waals surface area (Å²) in [4.78, 5) is 25.0. The van der Waals surface area contributed by atoms with E-state index in [9.17, 15) is 4.79 Å². The van der Waals surface area contributed by atoms with E-state index >= 15 is 0 Å². The predicted molar refractivity (Wildman–Crippen MR) is 105 cm³/mol. The Morgan fingerprint density at radius 2 is 1.86 bits per heavy atom. The number of pyridine rings is 1. The fourth-order valence-corrected chi connectivity index (χ4v) is 3.24. The van der Waals surface area contributed by atoms with Crippen LogP contribution < -0.4 is 0 Å². The molecule has 7 nitrogen and oxygen atoms in total. The van der Waals surface area contributed by atoms with Crippen molar-refractivity contribution >= 4 is 17.5 Å². The number of hydrogen-bond acceptors (Lipinski definition) is 6. The molecule has 0 atom stereocenters. The topological polar surface area (TPSA) is 75.4 Å². The number of nitrogens with zero attached hydrogens (tertiary/aromatic N) is 5. The lowest BCUT2D eigenvalue weighted by Gasteiger charge is -2.33. The molecule has 0 unspecified atom stereocenters. The van der Waals surface area contributed by atoms with Crippen LogP contribution in [0.2, 0.25) is 5.15 Å². The summed E-state index contributed by atoms with van der Waals surface area (Å²) < 4.78 is 5.40. The average Bonchev–Trinajstić information content (AvgIpc) is 3.18. The Kier molecular flexibility index (Phi) is 5.36. The highest BCUT2D eigenvalue weighted by Gasteiger charge is 2.23. The monoisotopic (exact) mass is 397 g/mol. The van der Waals surface area contributed by atoms with Gasteiger partial charge >= 0.3 is 0 Å². The SMILES string of the molecule is Cc1ccc(-c2noc(CN3CCN(C(=O)c4ccc(Cl)nc4)CC3)n2)cc1. The van der Waals surface area contributed by atoms with Crippen LogP contribution in [0.25, 0.3) is 11.4 Å². The molecule has 2 aromatic heterocycles. The molecule has 8 heteroatoms. The highest BCUT2D eigenvalue weighted by molar-refractivity contribution is 6.29. The predicted octanol–water partition coefficient (Wildman–Crippen LogP) is 3.05. The van der Waals surface area contributed by atoms with Crippen LogP contribution in [0, 0.1) is 6.92 Å². The first-order valence-electron chi connectivity index (χ1n) is 9.11. The van der Waals surface area contributed by atoms with Gasteiger partial charge in [0.1, 0.15) is 5.15 Å². The molecule has 0 bridgehead atoms. The molecule has 0 aliphatic carbocycles. The summed E-state index contributed by atoms with van der Waals surface area (Å²) in [6.07, 6.45) is 1.52. The van der Waals surface area contributed by atoms with E-state index in [0.29, 0.717) is 42.1 Å². The third-order valence-electron chi connectivity index (χ3n) is 4.77. The zero-order valence-corrected chi connectivity index (χ0v) is 16.3. The number of rotatable bonds is 4. The molecule has 1 aliphatic rings. The Labute approximate surface area is 167 Å². The van der Waals surface area contributed by atoms with Crippen molar-refractivity contribution in [2.45, 2.75) is 13.5 Å². The van der Waals surface area contributed by atoms with Gasteiger partial charge in [-0.15, -0.1) is 0 Å². The van der Waals surface area contributed by atoms with Crippen molar-refractivity contribution in [1.82, 2.24) is 24.9 Å². The number of piperazine rings is 1. The van der Waals surface area contributed by atoms with Crippen LogP contribution in [0.15, 0.2) is 47.1 Å². The second-order valence-corrected chi connectivity index (χ2v) is 7.20. The molecule has 1 saturated heterocycles. The lowest BCUT2D eigenvalue weighted by atomic mass is 10.1. The standard InChI is InChI=1S/C20H20ClN5O2/c1-14-2-4-15(5-3-14)19-23-18(28-24-19)13-25-8-10-26(11-9-25)20(27)16-6-7-17(21)22-12-16/h2-7,12H,8-11,13H2,1H3. The second-order valence-electron chi connectivity index (χ2n) is 6.82. The Morgan fingerprint density at radius 1 is 1.11 bits per heavy atom. The van der Waals surface area contributed by atoms with Gasteiger partial charge in [0.05, 0.1) is 12.1 Å². The maximum absolute atomic E-state index is 12.5. The van der Waals surface area contributed by atoms with Crippen LogP contribution in [0.5, 0.6) is 0 Å². The van der Waals surface area contributed by atoms with Crippen molar-refractivity contribution in [2.75, 3.05) is 26.2 Å². The minimum Gasteiger partial charge on any atom is -0.338 e. The molecule has 0 saturated carbocycles. The van der Waals surface area contributed by atoms with Crippen molar-refractivity contribution in [3.8, 4) is 11.4 Å². The van der Waals surface area contributed by atoms with Gasteiger partial charge in [0.25, 0.3) is 5.91 Å². The van der Waals surface area contributed by atoms with E-state index < -0.39 is 0 Å². The lowest BCUT2D eigenvalue weighted by molar-refractivity contribution is 0.0614. The van der Waals surface area contributed by atoms with Crippen molar-refractivity contribution in [1.29, 1.82) is 0 Å². The van der Waals surface area contributed by atoms with Crippen molar-refractivity contribution < 1.29 is 9.32 Å². The lowest BCUT2D eigenvalue weighted by Crippen LogP contribution is -2.48. The van der Waals surface area contributed by atoms with Gasteiger partial charge in [0.15, 0.2) is 0 Å². The van der Waals surface area contributed by atoms with E-state index in [1.165, 1.54) is 11.8 Å². The van der Waals surface area contributed by atoms with Crippen molar-refractivity contribution in [3.05, 3.63) is 64.8 Å². The van der Waals surface area contributed by atoms with Crippen LogP contribution in [0.3, 0.4) is 0 Å². The maximum Gasteiger partial charge on any atom is 0.255 e. The molecule has 4 rings (SSSR count). The van der Waals surface area contributed by atoms with Crippen LogP contribution in [0.4, 0.5) is 0 Å². The van der Waals surface area contributed by atoms with Gasteiger partial charge in [0.2, 0.25) is 11.7 Å². The van der Waals surface area contributed by atoms with Crippen molar-refractivity contribution in [3.63, 3.8) is 0 Å². The van der Waals surface area contributed by atoms with Gasteiger partial charge in [-0.1, -0.05) is 46.6 Å². The molecule has 1 amide bonds. The Balaban J connectivity index is 1.33. The summed E-state index contributed by atoms with van der Waals surface area (Å²) in [6, 6.07) is 11.4. The van der Waals surface area contributed by atoms with Crippen LogP contribution in [-0.2, 0) is 6.54 Å². The molecule has 3 heterocycles. The Bertz CT molecular complexity index is 947. The fourth-order valence-electron chi connectivity index (χ4n) is 3.12. The van der Waals surface area contributed by atoms with Gasteiger partial charge in [0, 0.05) is 37.9 Å². The van der Waals surface area contributed by atoms with Gasteiger partial charge in [-0.3, -0.25) is 9.69 Å². The molecule has 1 aliphatic heterocycles. The number of amides is 1. The molecule has 1 aromatic carbocycles. The second kappa shape index (κ2) is 8.08. The van der Waals surface area contributed by atoms with Crippen LogP contribution in [-0.4, -0.2) is 57.0 Å². The number of halogens is 1. The molecule has 1 fully saturated rings. The molecule has 28 heavy (non-hydrogen) atoms. The van der Waals surface area contributed by atoms with E-state index in [2.05, 4.69) is 20.0 Å². The summed E-state index contributed by atoms with van der Waals surface area (Å²) in [7, 11) is 0. The van der Waals surface area contributed by atoms with E-state index in [1.54, 1.807) is 12.1 Å². The molecular formula is C20H20ClN5O2. The molecule has 0 spiro atoms. The van der Waals surface area contributed by atoms with Crippen LogP contribution >= 0.6 is 11.6 Å².